The number of fused-ring (bicyclic) bond motifs is 1. The molecule has 0 atom stereocenters. The van der Waals surface area contributed by atoms with Crippen LogP contribution in [0.25, 0.3) is 11.0 Å². The van der Waals surface area contributed by atoms with Crippen LogP contribution in [0.15, 0.2) is 35.0 Å². The molecule has 0 radical (unpaired) electrons. The molecule has 92 valence electrons. The molecule has 0 unspecified atom stereocenters. The van der Waals surface area contributed by atoms with Crippen molar-refractivity contribution in [1.29, 1.82) is 0 Å². The summed E-state index contributed by atoms with van der Waals surface area (Å²) in [6.07, 6.45) is 0. The van der Waals surface area contributed by atoms with E-state index in [1.807, 2.05) is 0 Å². The van der Waals surface area contributed by atoms with Gasteiger partial charge in [-0.05, 0) is 40.9 Å². The number of para-hydroxylation sites is 1. The van der Waals surface area contributed by atoms with E-state index in [0.717, 1.165) is 23.4 Å². The Bertz CT molecular complexity index is 670. The Kier molecular flexibility index (Phi) is 3.10. The van der Waals surface area contributed by atoms with Crippen LogP contribution >= 0.6 is 22.9 Å². The second-order valence-corrected chi connectivity index (χ2v) is 5.37. The summed E-state index contributed by atoms with van der Waals surface area (Å²) in [7, 11) is 0. The summed E-state index contributed by atoms with van der Waals surface area (Å²) in [5, 5.41) is 4.26. The van der Waals surface area contributed by atoms with Crippen LogP contribution in [0, 0.1) is 6.92 Å². The van der Waals surface area contributed by atoms with Gasteiger partial charge in [0.1, 0.15) is 5.82 Å². The zero-order chi connectivity index (χ0) is 12.5. The smallest absolute Gasteiger partial charge is 0.125 e. The van der Waals surface area contributed by atoms with Gasteiger partial charge in [0.15, 0.2) is 0 Å². The summed E-state index contributed by atoms with van der Waals surface area (Å²) in [6.45, 7) is 2.92. The minimum Gasteiger partial charge on any atom is -0.322 e. The third-order valence-corrected chi connectivity index (χ3v) is 4.07. The lowest BCUT2D eigenvalue weighted by Gasteiger charge is -2.06. The minimum atomic E-state index is 0.443. The number of imidazole rings is 1. The lowest BCUT2D eigenvalue weighted by molar-refractivity contribution is 0.781. The molecule has 2 aromatic heterocycles. The van der Waals surface area contributed by atoms with Gasteiger partial charge in [-0.1, -0.05) is 12.1 Å². The normalized spacial score (nSPS) is 11.2. The molecule has 0 bridgehead atoms. The monoisotopic (exact) mass is 276 g/mol. The fourth-order valence-electron chi connectivity index (χ4n) is 2.18. The Morgan fingerprint density at radius 3 is 2.94 bits per heavy atom. The van der Waals surface area contributed by atoms with Crippen LogP contribution in [-0.2, 0) is 12.4 Å². The second-order valence-electron chi connectivity index (χ2n) is 4.32. The molecule has 0 fully saturated rings. The Balaban J connectivity index is 2.17. The van der Waals surface area contributed by atoms with Crippen LogP contribution in [0.2, 0.25) is 0 Å². The van der Waals surface area contributed by atoms with Crippen LogP contribution < -0.4 is 0 Å². The maximum atomic E-state index is 6.02. The zero-order valence-corrected chi connectivity index (χ0v) is 11.6. The van der Waals surface area contributed by atoms with Gasteiger partial charge < -0.3 is 4.57 Å². The number of benzene rings is 1. The van der Waals surface area contributed by atoms with Gasteiger partial charge >= 0.3 is 0 Å². The Hall–Kier alpha value is -1.32. The van der Waals surface area contributed by atoms with Crippen LogP contribution in [0.1, 0.15) is 17.0 Å². The number of nitrogens with zero attached hydrogens (tertiary/aromatic N) is 2. The average Bonchev–Trinajstić information content (AvgIpc) is 2.99. The van der Waals surface area contributed by atoms with E-state index in [4.69, 9.17) is 11.6 Å². The molecule has 2 nitrogen and oxygen atoms in total. The van der Waals surface area contributed by atoms with Crippen molar-refractivity contribution in [1.82, 2.24) is 9.55 Å². The zero-order valence-electron chi connectivity index (χ0n) is 10.1. The third-order valence-electron chi connectivity index (χ3n) is 3.10. The first-order valence-corrected chi connectivity index (χ1v) is 7.29. The van der Waals surface area contributed by atoms with E-state index in [1.165, 1.54) is 11.1 Å². The molecule has 0 saturated heterocycles. The van der Waals surface area contributed by atoms with E-state index in [2.05, 4.69) is 51.5 Å². The molecule has 0 aliphatic rings. The number of hydrogen-bond acceptors (Lipinski definition) is 2. The van der Waals surface area contributed by atoms with Crippen LogP contribution in [0.4, 0.5) is 0 Å². The fraction of sp³-hybridized carbons (Fsp3) is 0.214. The quantitative estimate of drug-likeness (QED) is 0.656. The topological polar surface area (TPSA) is 17.8 Å². The third kappa shape index (κ3) is 1.93. The van der Waals surface area contributed by atoms with Gasteiger partial charge in [-0.15, -0.1) is 11.6 Å². The molecular weight excluding hydrogens is 264 g/mol. The molecule has 1 aromatic carbocycles. The molecule has 4 heteroatoms. The number of alkyl halides is 1. The van der Waals surface area contributed by atoms with Gasteiger partial charge in [0.05, 0.1) is 23.5 Å². The largest absolute Gasteiger partial charge is 0.322 e. The molecule has 0 aliphatic heterocycles. The van der Waals surface area contributed by atoms with E-state index in [9.17, 15) is 0 Å². The summed E-state index contributed by atoms with van der Waals surface area (Å²) in [6, 6.07) is 8.41. The van der Waals surface area contributed by atoms with E-state index in [1.54, 1.807) is 11.3 Å². The van der Waals surface area contributed by atoms with Gasteiger partial charge in [0, 0.05) is 0 Å². The van der Waals surface area contributed by atoms with Crippen molar-refractivity contribution in [3.05, 3.63) is 52.0 Å². The maximum absolute atomic E-state index is 6.02. The lowest BCUT2D eigenvalue weighted by Crippen LogP contribution is -2.02. The predicted octanol–water partition coefficient (Wildman–Crippen LogP) is 4.19. The van der Waals surface area contributed by atoms with Crippen molar-refractivity contribution in [3.8, 4) is 0 Å². The number of thiophene rings is 1. The molecule has 3 aromatic rings. The van der Waals surface area contributed by atoms with E-state index in [0.29, 0.717) is 5.88 Å². The minimum absolute atomic E-state index is 0.443. The first-order chi connectivity index (χ1) is 8.79. The van der Waals surface area contributed by atoms with Crippen molar-refractivity contribution in [2.75, 3.05) is 0 Å². The highest BCUT2D eigenvalue weighted by Gasteiger charge is 2.11. The van der Waals surface area contributed by atoms with E-state index < -0.39 is 0 Å². The van der Waals surface area contributed by atoms with Gasteiger partial charge in [-0.25, -0.2) is 4.98 Å². The van der Waals surface area contributed by atoms with Crippen LogP contribution in [0.3, 0.4) is 0 Å². The van der Waals surface area contributed by atoms with Crippen molar-refractivity contribution >= 4 is 34.0 Å². The average molecular weight is 277 g/mol. The van der Waals surface area contributed by atoms with Crippen LogP contribution in [0.5, 0.6) is 0 Å². The van der Waals surface area contributed by atoms with Crippen molar-refractivity contribution in [3.63, 3.8) is 0 Å². The van der Waals surface area contributed by atoms with E-state index >= 15 is 0 Å². The van der Waals surface area contributed by atoms with Gasteiger partial charge in [-0.2, -0.15) is 11.3 Å². The molecule has 0 amide bonds. The van der Waals surface area contributed by atoms with Crippen molar-refractivity contribution < 1.29 is 0 Å². The molecule has 3 rings (SSSR count). The molecule has 0 spiro atoms. The van der Waals surface area contributed by atoms with Crippen molar-refractivity contribution in [2.24, 2.45) is 0 Å². The fourth-order valence-corrected chi connectivity index (χ4v) is 3.04. The van der Waals surface area contributed by atoms with E-state index in [-0.39, 0.29) is 0 Å². The standard InChI is InChI=1S/C14H13ClN2S/c1-10-3-2-4-12-14(10)16-13(7-15)17(12)8-11-5-6-18-9-11/h2-6,9H,7-8H2,1H3. The highest BCUT2D eigenvalue weighted by molar-refractivity contribution is 7.07. The molecule has 0 saturated carbocycles. The highest BCUT2D eigenvalue weighted by atomic mass is 35.5. The summed E-state index contributed by atoms with van der Waals surface area (Å²) in [4.78, 5) is 4.65. The first kappa shape index (κ1) is 11.8. The summed E-state index contributed by atoms with van der Waals surface area (Å²) in [5.74, 6) is 1.38. The molecule has 0 N–H and O–H groups in total. The SMILES string of the molecule is Cc1cccc2c1nc(CCl)n2Cc1ccsc1. The van der Waals surface area contributed by atoms with Crippen LogP contribution in [-0.4, -0.2) is 9.55 Å². The Morgan fingerprint density at radius 1 is 1.33 bits per heavy atom. The van der Waals surface area contributed by atoms with Gasteiger partial charge in [0.25, 0.3) is 0 Å². The first-order valence-electron chi connectivity index (χ1n) is 5.81. The molecular formula is C14H13ClN2S. The van der Waals surface area contributed by atoms with Gasteiger partial charge in [0.2, 0.25) is 0 Å². The lowest BCUT2D eigenvalue weighted by atomic mass is 10.2. The van der Waals surface area contributed by atoms with Gasteiger partial charge in [-0.3, -0.25) is 0 Å². The highest BCUT2D eigenvalue weighted by Crippen LogP contribution is 2.22. The Morgan fingerprint density at radius 2 is 2.22 bits per heavy atom. The number of aromatic nitrogens is 2. The second kappa shape index (κ2) is 4.75. The molecule has 0 aliphatic carbocycles. The summed E-state index contributed by atoms with van der Waals surface area (Å²) < 4.78 is 2.21. The number of aryl methyl sites for hydroxylation is 1. The number of rotatable bonds is 3. The summed E-state index contributed by atoms with van der Waals surface area (Å²) >= 11 is 7.73. The maximum Gasteiger partial charge on any atom is 0.125 e. The molecule has 2 heterocycles. The summed E-state index contributed by atoms with van der Waals surface area (Å²) in [5.41, 5.74) is 4.72. The van der Waals surface area contributed by atoms with Crippen molar-refractivity contribution in [2.45, 2.75) is 19.3 Å². The predicted molar refractivity (Wildman–Crippen MR) is 77.4 cm³/mol. The number of hydrogen-bond donors (Lipinski definition) is 0. The Labute approximate surface area is 115 Å². The molecule has 18 heavy (non-hydrogen) atoms. The number of halogens is 1.